The molecule has 0 atom stereocenters. The van der Waals surface area contributed by atoms with Crippen LogP contribution in [0.2, 0.25) is 0 Å². The SMILES string of the molecule is O=S1CCN(c2ncncc2I)CC1. The number of nitrogens with zero attached hydrogens (tertiary/aromatic N) is 3. The van der Waals surface area contributed by atoms with E-state index < -0.39 is 10.8 Å². The van der Waals surface area contributed by atoms with Gasteiger partial charge < -0.3 is 4.90 Å². The van der Waals surface area contributed by atoms with Crippen LogP contribution < -0.4 is 4.90 Å². The van der Waals surface area contributed by atoms with Crippen LogP contribution in [0.25, 0.3) is 0 Å². The largest absolute Gasteiger partial charge is 0.354 e. The first kappa shape index (κ1) is 10.3. The van der Waals surface area contributed by atoms with Crippen LogP contribution in [-0.4, -0.2) is 38.8 Å². The maximum atomic E-state index is 11.2. The Labute approximate surface area is 98.7 Å². The first-order valence-corrected chi connectivity index (χ1v) is 6.89. The number of anilines is 1. The molecule has 0 N–H and O–H groups in total. The van der Waals surface area contributed by atoms with E-state index >= 15 is 0 Å². The number of hydrogen-bond acceptors (Lipinski definition) is 4. The average Bonchev–Trinajstić information content (AvgIpc) is 2.20. The monoisotopic (exact) mass is 323 g/mol. The van der Waals surface area contributed by atoms with E-state index in [0.717, 1.165) is 34.0 Å². The van der Waals surface area contributed by atoms with Crippen molar-refractivity contribution in [3.63, 3.8) is 0 Å². The summed E-state index contributed by atoms with van der Waals surface area (Å²) >= 11 is 2.23. The molecule has 0 radical (unpaired) electrons. The number of rotatable bonds is 1. The van der Waals surface area contributed by atoms with Gasteiger partial charge in [-0.1, -0.05) is 0 Å². The molecule has 0 spiro atoms. The summed E-state index contributed by atoms with van der Waals surface area (Å²) in [5, 5.41) is 0. The van der Waals surface area contributed by atoms with Crippen molar-refractivity contribution in [1.29, 1.82) is 0 Å². The third-order valence-electron chi connectivity index (χ3n) is 2.13. The molecule has 4 nitrogen and oxygen atoms in total. The summed E-state index contributed by atoms with van der Waals surface area (Å²) in [6.45, 7) is 1.67. The Morgan fingerprint density at radius 1 is 1.43 bits per heavy atom. The molecule has 0 aliphatic carbocycles. The molecule has 1 saturated heterocycles. The Balaban J connectivity index is 2.16. The van der Waals surface area contributed by atoms with Crippen LogP contribution in [0.1, 0.15) is 0 Å². The molecule has 1 aliphatic heterocycles. The molecule has 0 bridgehead atoms. The van der Waals surface area contributed by atoms with E-state index in [0.29, 0.717) is 0 Å². The molecule has 76 valence electrons. The van der Waals surface area contributed by atoms with Gasteiger partial charge >= 0.3 is 0 Å². The zero-order valence-corrected chi connectivity index (χ0v) is 10.5. The van der Waals surface area contributed by atoms with Crippen LogP contribution in [0.4, 0.5) is 5.82 Å². The zero-order valence-electron chi connectivity index (χ0n) is 7.52. The molecule has 0 amide bonds. The van der Waals surface area contributed by atoms with Gasteiger partial charge in [-0.25, -0.2) is 9.97 Å². The molecule has 2 rings (SSSR count). The fraction of sp³-hybridized carbons (Fsp3) is 0.500. The summed E-state index contributed by atoms with van der Waals surface area (Å²) in [4.78, 5) is 10.4. The Morgan fingerprint density at radius 3 is 2.79 bits per heavy atom. The maximum absolute atomic E-state index is 11.2. The predicted molar refractivity (Wildman–Crippen MR) is 64.8 cm³/mol. The molecule has 0 unspecified atom stereocenters. The van der Waals surface area contributed by atoms with Crippen molar-refractivity contribution in [2.45, 2.75) is 0 Å². The normalized spacial score (nSPS) is 18.5. The smallest absolute Gasteiger partial charge is 0.145 e. The minimum absolute atomic E-state index is 0.629. The van der Waals surface area contributed by atoms with E-state index in [-0.39, 0.29) is 0 Å². The van der Waals surface area contributed by atoms with E-state index in [1.807, 2.05) is 0 Å². The van der Waals surface area contributed by atoms with E-state index in [9.17, 15) is 4.21 Å². The van der Waals surface area contributed by atoms with Gasteiger partial charge in [-0.05, 0) is 22.6 Å². The quantitative estimate of drug-likeness (QED) is 0.712. The molecule has 1 aromatic rings. The Morgan fingerprint density at radius 2 is 2.14 bits per heavy atom. The summed E-state index contributed by atoms with van der Waals surface area (Å²) in [5.74, 6) is 2.47. The summed E-state index contributed by atoms with van der Waals surface area (Å²) in [7, 11) is -0.629. The second-order valence-corrected chi connectivity index (χ2v) is 5.89. The van der Waals surface area contributed by atoms with Gasteiger partial charge in [0, 0.05) is 41.6 Å². The topological polar surface area (TPSA) is 46.1 Å². The van der Waals surface area contributed by atoms with E-state index in [2.05, 4.69) is 37.5 Å². The van der Waals surface area contributed by atoms with E-state index in [4.69, 9.17) is 0 Å². The van der Waals surface area contributed by atoms with Crippen LogP contribution in [0.15, 0.2) is 12.5 Å². The molecule has 1 aromatic heterocycles. The lowest BCUT2D eigenvalue weighted by molar-refractivity contribution is 0.672. The van der Waals surface area contributed by atoms with Gasteiger partial charge in [-0.3, -0.25) is 4.21 Å². The summed E-state index contributed by atoms with van der Waals surface area (Å²) in [5.41, 5.74) is 0. The second kappa shape index (κ2) is 4.52. The summed E-state index contributed by atoms with van der Waals surface area (Å²) < 4.78 is 12.2. The van der Waals surface area contributed by atoms with Crippen molar-refractivity contribution in [3.05, 3.63) is 16.1 Å². The van der Waals surface area contributed by atoms with Gasteiger partial charge in [-0.2, -0.15) is 0 Å². The van der Waals surface area contributed by atoms with Gasteiger partial charge in [0.05, 0.1) is 3.57 Å². The fourth-order valence-corrected chi connectivity index (χ4v) is 3.08. The predicted octanol–water partition coefficient (Wildman–Crippen LogP) is 0.650. The first-order valence-electron chi connectivity index (χ1n) is 4.33. The third kappa shape index (κ3) is 2.22. The maximum Gasteiger partial charge on any atom is 0.145 e. The lowest BCUT2D eigenvalue weighted by Gasteiger charge is -2.27. The highest BCUT2D eigenvalue weighted by Gasteiger charge is 2.17. The van der Waals surface area contributed by atoms with Crippen molar-refractivity contribution < 1.29 is 4.21 Å². The Bertz CT molecular complexity index is 350. The molecule has 1 aliphatic rings. The number of halogens is 1. The van der Waals surface area contributed by atoms with Crippen molar-refractivity contribution in [2.75, 3.05) is 29.5 Å². The highest BCUT2D eigenvalue weighted by Crippen LogP contribution is 2.19. The lowest BCUT2D eigenvalue weighted by Crippen LogP contribution is -2.38. The average molecular weight is 323 g/mol. The number of aromatic nitrogens is 2. The third-order valence-corrected chi connectivity index (χ3v) is 4.16. The Hall–Kier alpha value is -0.240. The van der Waals surface area contributed by atoms with Crippen LogP contribution in [0.3, 0.4) is 0 Å². The highest BCUT2D eigenvalue weighted by atomic mass is 127. The van der Waals surface area contributed by atoms with Gasteiger partial charge in [0.1, 0.15) is 12.1 Å². The molecule has 6 heteroatoms. The van der Waals surface area contributed by atoms with Crippen LogP contribution in [0.5, 0.6) is 0 Å². The molecule has 2 heterocycles. The van der Waals surface area contributed by atoms with Crippen LogP contribution in [-0.2, 0) is 10.8 Å². The van der Waals surface area contributed by atoms with Crippen molar-refractivity contribution in [1.82, 2.24) is 9.97 Å². The molecule has 1 fully saturated rings. The second-order valence-electron chi connectivity index (χ2n) is 3.03. The molecule has 14 heavy (non-hydrogen) atoms. The standard InChI is InChI=1S/C8H10IN3OS/c9-7-5-10-6-11-8(7)12-1-3-14(13)4-2-12/h5-6H,1-4H2. The van der Waals surface area contributed by atoms with Gasteiger partial charge in [-0.15, -0.1) is 0 Å². The highest BCUT2D eigenvalue weighted by molar-refractivity contribution is 14.1. The van der Waals surface area contributed by atoms with Gasteiger partial charge in [0.2, 0.25) is 0 Å². The van der Waals surface area contributed by atoms with E-state index in [1.165, 1.54) is 0 Å². The van der Waals surface area contributed by atoms with Crippen molar-refractivity contribution in [2.24, 2.45) is 0 Å². The first-order chi connectivity index (χ1) is 6.77. The van der Waals surface area contributed by atoms with Crippen LogP contribution >= 0.6 is 22.6 Å². The van der Waals surface area contributed by atoms with Crippen molar-refractivity contribution >= 4 is 39.2 Å². The number of hydrogen-bond donors (Lipinski definition) is 0. The van der Waals surface area contributed by atoms with Crippen molar-refractivity contribution in [3.8, 4) is 0 Å². The fourth-order valence-electron chi connectivity index (χ4n) is 1.39. The summed E-state index contributed by atoms with van der Waals surface area (Å²) in [6, 6.07) is 0. The van der Waals surface area contributed by atoms with Gasteiger partial charge in [0.15, 0.2) is 0 Å². The summed E-state index contributed by atoms with van der Waals surface area (Å²) in [6.07, 6.45) is 3.36. The molecular formula is C8H10IN3OS. The minimum Gasteiger partial charge on any atom is -0.354 e. The molecular weight excluding hydrogens is 313 g/mol. The molecule has 0 saturated carbocycles. The van der Waals surface area contributed by atoms with Crippen LogP contribution in [0, 0.1) is 3.57 Å². The van der Waals surface area contributed by atoms with E-state index in [1.54, 1.807) is 12.5 Å². The Kier molecular flexibility index (Phi) is 3.32. The van der Waals surface area contributed by atoms with Gasteiger partial charge in [0.25, 0.3) is 0 Å². The minimum atomic E-state index is -0.629. The molecule has 0 aromatic carbocycles. The zero-order chi connectivity index (χ0) is 9.97. The lowest BCUT2D eigenvalue weighted by atomic mass is 10.4.